The summed E-state index contributed by atoms with van der Waals surface area (Å²) >= 11 is 0. The zero-order valence-corrected chi connectivity index (χ0v) is 11.1. The Kier molecular flexibility index (Phi) is 6.89. The summed E-state index contributed by atoms with van der Waals surface area (Å²) in [6.07, 6.45) is 0. The highest BCUT2D eigenvalue weighted by molar-refractivity contribution is 7.85. The van der Waals surface area contributed by atoms with Crippen LogP contribution in [0.3, 0.4) is 0 Å². The Balaban J connectivity index is 2.46. The molecule has 6 heteroatoms. The molecule has 1 aromatic carbocycles. The van der Waals surface area contributed by atoms with E-state index in [0.29, 0.717) is 31.1 Å². The maximum Gasteiger partial charge on any atom is 0.0558 e. The van der Waals surface area contributed by atoms with Crippen molar-refractivity contribution in [2.24, 2.45) is 0 Å². The number of hydrogen-bond acceptors (Lipinski definition) is 5. The molecule has 0 bridgehead atoms. The molecule has 1 unspecified atom stereocenters. The lowest BCUT2D eigenvalue weighted by Gasteiger charge is -2.19. The number of benzene rings is 1. The Labute approximate surface area is 110 Å². The molecule has 0 heterocycles. The van der Waals surface area contributed by atoms with Crippen LogP contribution >= 0.6 is 0 Å². The Bertz CT molecular complexity index is 364. The zero-order valence-electron chi connectivity index (χ0n) is 10.3. The summed E-state index contributed by atoms with van der Waals surface area (Å²) in [5.41, 5.74) is 6.22. The molecular weight excluding hydrogens is 252 g/mol. The topological polar surface area (TPSA) is 86.8 Å². The van der Waals surface area contributed by atoms with Gasteiger partial charge in [0.05, 0.1) is 24.0 Å². The van der Waals surface area contributed by atoms with Crippen molar-refractivity contribution in [2.75, 3.05) is 44.3 Å². The van der Waals surface area contributed by atoms with Gasteiger partial charge in [-0.05, 0) is 24.3 Å². The number of aliphatic hydroxyl groups is 2. The van der Waals surface area contributed by atoms with E-state index in [1.165, 1.54) is 0 Å². The molecule has 18 heavy (non-hydrogen) atoms. The summed E-state index contributed by atoms with van der Waals surface area (Å²) in [5.74, 6) is 0.476. The third-order valence-corrected chi connectivity index (χ3v) is 3.92. The van der Waals surface area contributed by atoms with Gasteiger partial charge in [0.1, 0.15) is 0 Å². The summed E-state index contributed by atoms with van der Waals surface area (Å²) in [7, 11) is -1.08. The minimum Gasteiger partial charge on any atom is -0.399 e. The van der Waals surface area contributed by atoms with E-state index in [-0.39, 0.29) is 13.2 Å². The molecule has 0 aliphatic rings. The highest BCUT2D eigenvalue weighted by Gasteiger charge is 2.08. The van der Waals surface area contributed by atoms with E-state index in [2.05, 4.69) is 0 Å². The highest BCUT2D eigenvalue weighted by Crippen LogP contribution is 2.10. The van der Waals surface area contributed by atoms with Crippen molar-refractivity contribution >= 4 is 16.5 Å². The van der Waals surface area contributed by atoms with E-state index < -0.39 is 10.8 Å². The van der Waals surface area contributed by atoms with Crippen LogP contribution in [0.2, 0.25) is 0 Å². The minimum atomic E-state index is -1.08. The van der Waals surface area contributed by atoms with Crippen molar-refractivity contribution in [2.45, 2.75) is 4.90 Å². The average Bonchev–Trinajstić information content (AvgIpc) is 2.37. The van der Waals surface area contributed by atoms with E-state index in [1.807, 2.05) is 4.90 Å². The fourth-order valence-electron chi connectivity index (χ4n) is 1.57. The van der Waals surface area contributed by atoms with Crippen molar-refractivity contribution in [1.29, 1.82) is 0 Å². The molecule has 0 saturated carbocycles. The Morgan fingerprint density at radius 2 is 1.61 bits per heavy atom. The minimum absolute atomic E-state index is 0.0362. The lowest BCUT2D eigenvalue weighted by molar-refractivity contribution is 0.167. The second-order valence-electron chi connectivity index (χ2n) is 3.91. The largest absolute Gasteiger partial charge is 0.399 e. The molecule has 0 aromatic heterocycles. The van der Waals surface area contributed by atoms with Crippen molar-refractivity contribution in [3.05, 3.63) is 24.3 Å². The van der Waals surface area contributed by atoms with E-state index in [0.717, 1.165) is 4.90 Å². The van der Waals surface area contributed by atoms with Crippen LogP contribution in [0.5, 0.6) is 0 Å². The van der Waals surface area contributed by atoms with Crippen LogP contribution in [0.25, 0.3) is 0 Å². The lowest BCUT2D eigenvalue weighted by Crippen LogP contribution is -2.33. The predicted octanol–water partition coefficient (Wildman–Crippen LogP) is -0.337. The van der Waals surface area contributed by atoms with Crippen LogP contribution in [0.1, 0.15) is 0 Å². The first-order valence-corrected chi connectivity index (χ1v) is 7.17. The Hall–Kier alpha value is -0.950. The third-order valence-electron chi connectivity index (χ3n) is 2.57. The summed E-state index contributed by atoms with van der Waals surface area (Å²) in [4.78, 5) is 2.63. The van der Waals surface area contributed by atoms with Crippen molar-refractivity contribution in [1.82, 2.24) is 4.90 Å². The van der Waals surface area contributed by atoms with Crippen LogP contribution in [0.15, 0.2) is 29.2 Å². The number of nitrogen functional groups attached to an aromatic ring is 1. The van der Waals surface area contributed by atoms with Gasteiger partial charge in [0.15, 0.2) is 0 Å². The van der Waals surface area contributed by atoms with Crippen LogP contribution in [-0.4, -0.2) is 57.9 Å². The van der Waals surface area contributed by atoms with Crippen molar-refractivity contribution in [3.63, 3.8) is 0 Å². The molecule has 1 rings (SSSR count). The molecule has 102 valence electrons. The van der Waals surface area contributed by atoms with Gasteiger partial charge in [-0.2, -0.15) is 0 Å². The molecule has 0 amide bonds. The summed E-state index contributed by atoms with van der Waals surface area (Å²) < 4.78 is 12.0. The molecule has 0 aliphatic carbocycles. The fraction of sp³-hybridized carbons (Fsp3) is 0.500. The van der Waals surface area contributed by atoms with Gasteiger partial charge in [0, 0.05) is 36.0 Å². The van der Waals surface area contributed by atoms with E-state index >= 15 is 0 Å². The molecule has 0 saturated heterocycles. The van der Waals surface area contributed by atoms with E-state index in [1.54, 1.807) is 24.3 Å². The van der Waals surface area contributed by atoms with Gasteiger partial charge in [-0.25, -0.2) is 0 Å². The second-order valence-corrected chi connectivity index (χ2v) is 5.48. The maximum absolute atomic E-state index is 12.0. The van der Waals surface area contributed by atoms with Crippen molar-refractivity contribution in [3.8, 4) is 0 Å². The first-order chi connectivity index (χ1) is 8.67. The summed E-state index contributed by atoms with van der Waals surface area (Å²) in [6.45, 7) is 1.63. The standard InChI is InChI=1S/C12H20N2O3S/c13-11-1-3-12(4-2-11)18(17)10-7-14(5-8-15)6-9-16/h1-4,15-16H,5-10,13H2. The molecule has 4 N–H and O–H groups in total. The first-order valence-electron chi connectivity index (χ1n) is 5.85. The third kappa shape index (κ3) is 5.14. The maximum atomic E-state index is 12.0. The number of rotatable bonds is 8. The molecular formula is C12H20N2O3S. The molecule has 1 aromatic rings. The highest BCUT2D eigenvalue weighted by atomic mass is 32.2. The van der Waals surface area contributed by atoms with E-state index in [9.17, 15) is 4.21 Å². The number of nitrogens with two attached hydrogens (primary N) is 1. The van der Waals surface area contributed by atoms with Gasteiger partial charge in [-0.1, -0.05) is 0 Å². The molecule has 0 fully saturated rings. The molecule has 5 nitrogen and oxygen atoms in total. The summed E-state index contributed by atoms with van der Waals surface area (Å²) in [5, 5.41) is 17.7. The van der Waals surface area contributed by atoms with Crippen LogP contribution in [-0.2, 0) is 10.8 Å². The number of nitrogens with zero attached hydrogens (tertiary/aromatic N) is 1. The molecule has 1 atom stereocenters. The molecule has 0 radical (unpaired) electrons. The smallest absolute Gasteiger partial charge is 0.0558 e. The summed E-state index contributed by atoms with van der Waals surface area (Å²) in [6, 6.07) is 6.97. The molecule has 0 spiro atoms. The Morgan fingerprint density at radius 3 is 2.11 bits per heavy atom. The van der Waals surface area contributed by atoms with Crippen LogP contribution in [0, 0.1) is 0 Å². The zero-order chi connectivity index (χ0) is 13.4. The average molecular weight is 272 g/mol. The van der Waals surface area contributed by atoms with Gasteiger partial charge in [0.25, 0.3) is 0 Å². The molecule has 0 aliphatic heterocycles. The SMILES string of the molecule is Nc1ccc(S(=O)CCN(CCO)CCO)cc1. The van der Waals surface area contributed by atoms with Crippen LogP contribution in [0.4, 0.5) is 5.69 Å². The van der Waals surface area contributed by atoms with Crippen molar-refractivity contribution < 1.29 is 14.4 Å². The lowest BCUT2D eigenvalue weighted by atomic mass is 10.3. The monoisotopic (exact) mass is 272 g/mol. The van der Waals surface area contributed by atoms with Gasteiger partial charge in [0.2, 0.25) is 0 Å². The van der Waals surface area contributed by atoms with Gasteiger partial charge in [-0.15, -0.1) is 0 Å². The normalized spacial score (nSPS) is 12.8. The first kappa shape index (κ1) is 15.1. The van der Waals surface area contributed by atoms with Crippen LogP contribution < -0.4 is 5.73 Å². The van der Waals surface area contributed by atoms with Gasteiger partial charge < -0.3 is 15.9 Å². The number of hydrogen-bond donors (Lipinski definition) is 3. The fourth-order valence-corrected chi connectivity index (χ4v) is 2.67. The van der Waals surface area contributed by atoms with Gasteiger partial charge >= 0.3 is 0 Å². The Morgan fingerprint density at radius 1 is 1.06 bits per heavy atom. The second kappa shape index (κ2) is 8.20. The number of anilines is 1. The number of aliphatic hydroxyl groups excluding tert-OH is 2. The van der Waals surface area contributed by atoms with E-state index in [4.69, 9.17) is 15.9 Å². The quantitative estimate of drug-likeness (QED) is 0.564. The predicted molar refractivity (Wildman–Crippen MR) is 72.7 cm³/mol. The van der Waals surface area contributed by atoms with Gasteiger partial charge in [-0.3, -0.25) is 9.11 Å².